The van der Waals surface area contributed by atoms with Gasteiger partial charge in [-0.05, 0) is 37.9 Å². The van der Waals surface area contributed by atoms with Gasteiger partial charge in [-0.1, -0.05) is 6.92 Å². The standard InChI is InChI=1S/C12H20N4/c1-11(10-16-7-2-3-8-16)9-15-12-13-5-4-6-14-12/h4-6,11H,2-3,7-10H2,1H3,(H,13,14,15). The Balaban J connectivity index is 1.69. The molecule has 1 aromatic rings. The van der Waals surface area contributed by atoms with Crippen LogP contribution >= 0.6 is 0 Å². The summed E-state index contributed by atoms with van der Waals surface area (Å²) in [6.45, 7) is 6.94. The van der Waals surface area contributed by atoms with Crippen LogP contribution in [0, 0.1) is 5.92 Å². The van der Waals surface area contributed by atoms with E-state index in [1.165, 1.54) is 32.5 Å². The van der Waals surface area contributed by atoms with Gasteiger partial charge in [0.2, 0.25) is 5.95 Å². The lowest BCUT2D eigenvalue weighted by atomic mass is 10.1. The van der Waals surface area contributed by atoms with Crippen molar-refractivity contribution < 1.29 is 0 Å². The van der Waals surface area contributed by atoms with E-state index in [9.17, 15) is 0 Å². The van der Waals surface area contributed by atoms with Crippen LogP contribution in [-0.2, 0) is 0 Å². The van der Waals surface area contributed by atoms with E-state index < -0.39 is 0 Å². The van der Waals surface area contributed by atoms with Crippen molar-refractivity contribution in [3.05, 3.63) is 18.5 Å². The summed E-state index contributed by atoms with van der Waals surface area (Å²) in [6, 6.07) is 1.83. The molecule has 1 atom stereocenters. The molecule has 0 amide bonds. The van der Waals surface area contributed by atoms with Crippen molar-refractivity contribution in [2.75, 3.05) is 31.5 Å². The summed E-state index contributed by atoms with van der Waals surface area (Å²) in [5.74, 6) is 1.37. The second-order valence-electron chi connectivity index (χ2n) is 4.57. The van der Waals surface area contributed by atoms with Crippen LogP contribution in [0.4, 0.5) is 5.95 Å². The van der Waals surface area contributed by atoms with Crippen molar-refractivity contribution in [3.8, 4) is 0 Å². The predicted octanol–water partition coefficient (Wildman–Crippen LogP) is 1.62. The van der Waals surface area contributed by atoms with Gasteiger partial charge in [0.1, 0.15) is 0 Å². The SMILES string of the molecule is CC(CNc1ncccn1)CN1CCCC1. The second kappa shape index (κ2) is 5.80. The molecule has 2 rings (SSSR count). The highest BCUT2D eigenvalue weighted by Gasteiger charge is 2.14. The first-order valence-electron chi connectivity index (χ1n) is 6.08. The lowest BCUT2D eigenvalue weighted by Gasteiger charge is -2.20. The number of anilines is 1. The largest absolute Gasteiger partial charge is 0.354 e. The summed E-state index contributed by atoms with van der Waals surface area (Å²) < 4.78 is 0. The Morgan fingerprint density at radius 3 is 2.69 bits per heavy atom. The van der Waals surface area contributed by atoms with Gasteiger partial charge in [0.25, 0.3) is 0 Å². The van der Waals surface area contributed by atoms with Crippen molar-refractivity contribution in [1.82, 2.24) is 14.9 Å². The summed E-state index contributed by atoms with van der Waals surface area (Å²) in [6.07, 6.45) is 6.25. The molecule has 1 aliphatic rings. The summed E-state index contributed by atoms with van der Waals surface area (Å²) in [7, 11) is 0. The first-order valence-corrected chi connectivity index (χ1v) is 6.08. The summed E-state index contributed by atoms with van der Waals surface area (Å²) in [4.78, 5) is 10.8. The van der Waals surface area contributed by atoms with Gasteiger partial charge in [-0.15, -0.1) is 0 Å². The number of rotatable bonds is 5. The van der Waals surface area contributed by atoms with Crippen LogP contribution in [0.3, 0.4) is 0 Å². The predicted molar refractivity (Wildman–Crippen MR) is 65.4 cm³/mol. The van der Waals surface area contributed by atoms with Gasteiger partial charge >= 0.3 is 0 Å². The Labute approximate surface area is 97.1 Å². The Kier molecular flexibility index (Phi) is 4.10. The third-order valence-electron chi connectivity index (χ3n) is 2.94. The van der Waals surface area contributed by atoms with Gasteiger partial charge in [0.05, 0.1) is 0 Å². The van der Waals surface area contributed by atoms with Gasteiger partial charge in [-0.2, -0.15) is 0 Å². The lowest BCUT2D eigenvalue weighted by Crippen LogP contribution is -2.29. The van der Waals surface area contributed by atoms with Crippen molar-refractivity contribution in [2.24, 2.45) is 5.92 Å². The molecule has 1 fully saturated rings. The number of nitrogens with zero attached hydrogens (tertiary/aromatic N) is 3. The van der Waals surface area contributed by atoms with Crippen LogP contribution in [0.5, 0.6) is 0 Å². The fraction of sp³-hybridized carbons (Fsp3) is 0.667. The molecule has 1 aromatic heterocycles. The van der Waals surface area contributed by atoms with Gasteiger partial charge in [0, 0.05) is 25.5 Å². The van der Waals surface area contributed by atoms with Gasteiger partial charge < -0.3 is 10.2 Å². The van der Waals surface area contributed by atoms with Crippen LogP contribution in [0.15, 0.2) is 18.5 Å². The van der Waals surface area contributed by atoms with Crippen LogP contribution in [0.25, 0.3) is 0 Å². The monoisotopic (exact) mass is 220 g/mol. The first kappa shape index (κ1) is 11.3. The summed E-state index contributed by atoms with van der Waals surface area (Å²) in [5.41, 5.74) is 0. The van der Waals surface area contributed by atoms with Crippen molar-refractivity contribution in [3.63, 3.8) is 0 Å². The van der Waals surface area contributed by atoms with Crippen LogP contribution < -0.4 is 5.32 Å². The minimum absolute atomic E-state index is 0.641. The molecule has 2 heterocycles. The highest BCUT2D eigenvalue weighted by atomic mass is 15.1. The second-order valence-corrected chi connectivity index (χ2v) is 4.57. The van der Waals surface area contributed by atoms with Crippen molar-refractivity contribution >= 4 is 5.95 Å². The zero-order chi connectivity index (χ0) is 11.2. The molecule has 0 aromatic carbocycles. The quantitative estimate of drug-likeness (QED) is 0.818. The number of aromatic nitrogens is 2. The molecule has 88 valence electrons. The van der Waals surface area contributed by atoms with Gasteiger partial charge in [-0.25, -0.2) is 9.97 Å². The average Bonchev–Trinajstić information content (AvgIpc) is 2.81. The molecule has 1 saturated heterocycles. The maximum Gasteiger partial charge on any atom is 0.222 e. The molecule has 0 radical (unpaired) electrons. The fourth-order valence-electron chi connectivity index (χ4n) is 2.13. The Hall–Kier alpha value is -1.16. The van der Waals surface area contributed by atoms with Gasteiger partial charge in [0.15, 0.2) is 0 Å². The highest BCUT2D eigenvalue weighted by molar-refractivity contribution is 5.21. The smallest absolute Gasteiger partial charge is 0.222 e. The Morgan fingerprint density at radius 2 is 2.00 bits per heavy atom. The van der Waals surface area contributed by atoms with Crippen LogP contribution in [0.1, 0.15) is 19.8 Å². The van der Waals surface area contributed by atoms with E-state index in [0.29, 0.717) is 5.92 Å². The molecule has 1 N–H and O–H groups in total. The molecule has 1 unspecified atom stereocenters. The normalized spacial score (nSPS) is 18.6. The van der Waals surface area contributed by atoms with Crippen LogP contribution in [-0.4, -0.2) is 41.0 Å². The minimum Gasteiger partial charge on any atom is -0.354 e. The van der Waals surface area contributed by atoms with E-state index in [1.54, 1.807) is 12.4 Å². The molecular weight excluding hydrogens is 200 g/mol. The van der Waals surface area contributed by atoms with Gasteiger partial charge in [-0.3, -0.25) is 0 Å². The fourth-order valence-corrected chi connectivity index (χ4v) is 2.13. The highest BCUT2D eigenvalue weighted by Crippen LogP contribution is 2.10. The maximum absolute atomic E-state index is 4.15. The third-order valence-corrected chi connectivity index (χ3v) is 2.94. The Morgan fingerprint density at radius 1 is 1.31 bits per heavy atom. The van der Waals surface area contributed by atoms with E-state index in [2.05, 4.69) is 27.1 Å². The molecule has 0 spiro atoms. The summed E-state index contributed by atoms with van der Waals surface area (Å²) in [5, 5.41) is 3.27. The molecule has 0 saturated carbocycles. The molecule has 1 aliphatic heterocycles. The van der Waals surface area contributed by atoms with E-state index in [-0.39, 0.29) is 0 Å². The first-order chi connectivity index (χ1) is 7.84. The number of hydrogen-bond donors (Lipinski definition) is 1. The maximum atomic E-state index is 4.15. The molecule has 0 aliphatic carbocycles. The molecule has 4 nitrogen and oxygen atoms in total. The molecule has 4 heteroatoms. The third kappa shape index (κ3) is 3.45. The zero-order valence-corrected chi connectivity index (χ0v) is 9.89. The van der Waals surface area contributed by atoms with Crippen LogP contribution in [0.2, 0.25) is 0 Å². The number of likely N-dealkylation sites (tertiary alicyclic amines) is 1. The molecule has 0 bridgehead atoms. The summed E-state index contributed by atoms with van der Waals surface area (Å²) >= 11 is 0. The Bertz CT molecular complexity index is 295. The molecular formula is C12H20N4. The van der Waals surface area contributed by atoms with E-state index >= 15 is 0 Å². The van der Waals surface area contributed by atoms with E-state index in [0.717, 1.165) is 12.5 Å². The average molecular weight is 220 g/mol. The van der Waals surface area contributed by atoms with E-state index in [4.69, 9.17) is 0 Å². The number of nitrogens with one attached hydrogen (secondary N) is 1. The number of hydrogen-bond acceptors (Lipinski definition) is 4. The van der Waals surface area contributed by atoms with Crippen molar-refractivity contribution in [1.29, 1.82) is 0 Å². The van der Waals surface area contributed by atoms with Crippen molar-refractivity contribution in [2.45, 2.75) is 19.8 Å². The minimum atomic E-state index is 0.641. The topological polar surface area (TPSA) is 41.1 Å². The molecule has 16 heavy (non-hydrogen) atoms. The zero-order valence-electron chi connectivity index (χ0n) is 9.89. The lowest BCUT2D eigenvalue weighted by molar-refractivity contribution is 0.294. The van der Waals surface area contributed by atoms with E-state index in [1.807, 2.05) is 6.07 Å².